The van der Waals surface area contributed by atoms with E-state index in [0.29, 0.717) is 12.8 Å². The first-order chi connectivity index (χ1) is 3.10. The average Bonchev–Trinajstić information content (AvgIpc) is 1.27. The van der Waals surface area contributed by atoms with Crippen LogP contribution in [0.5, 0.6) is 0 Å². The number of hydrogen-bond acceptors (Lipinski definition) is 3. The molecule has 1 aliphatic rings. The van der Waals surface area contributed by atoms with Gasteiger partial charge in [0.15, 0.2) is 5.79 Å². The highest BCUT2D eigenvalue weighted by Gasteiger charge is 2.38. The van der Waals surface area contributed by atoms with Crippen molar-refractivity contribution in [3.05, 3.63) is 0 Å². The van der Waals surface area contributed by atoms with E-state index in [4.69, 9.17) is 15.9 Å². The fourth-order valence-corrected chi connectivity index (χ4v) is 0.780. The maximum Gasteiger partial charge on any atom is 0.165 e. The number of nitrogens with two attached hydrogens (primary N) is 1. The third kappa shape index (κ3) is 0.907. The van der Waals surface area contributed by atoms with Crippen LogP contribution in [0.15, 0.2) is 0 Å². The van der Waals surface area contributed by atoms with Gasteiger partial charge in [-0.1, -0.05) is 0 Å². The van der Waals surface area contributed by atoms with Gasteiger partial charge in [-0.3, -0.25) is 0 Å². The van der Waals surface area contributed by atoms with Crippen LogP contribution in [0.1, 0.15) is 12.8 Å². The molecule has 4 N–H and O–H groups in total. The largest absolute Gasteiger partial charge is 0.365 e. The minimum Gasteiger partial charge on any atom is -0.365 e. The molecular weight excluding hydrogens is 94.0 g/mol. The fraction of sp³-hybridized carbons (Fsp3) is 1.00. The second-order valence-electron chi connectivity index (χ2n) is 2.15. The van der Waals surface area contributed by atoms with Crippen molar-refractivity contribution < 1.29 is 10.2 Å². The molecule has 0 amide bonds. The standard InChI is InChI=1S/C4H9NO2/c5-3-1-4(6,7)2-3/h3,6-7H,1-2,5H2. The Morgan fingerprint density at radius 3 is 1.86 bits per heavy atom. The first-order valence-electron chi connectivity index (χ1n) is 2.30. The Balaban J connectivity index is 2.29. The summed E-state index contributed by atoms with van der Waals surface area (Å²) in [6.45, 7) is 0. The van der Waals surface area contributed by atoms with Gasteiger partial charge in [0.25, 0.3) is 0 Å². The number of aliphatic hydroxyl groups is 2. The highest BCUT2D eigenvalue weighted by atomic mass is 16.5. The smallest absolute Gasteiger partial charge is 0.165 e. The van der Waals surface area contributed by atoms with Crippen molar-refractivity contribution in [2.75, 3.05) is 0 Å². The number of hydrogen-bond donors (Lipinski definition) is 3. The molecule has 0 aromatic rings. The van der Waals surface area contributed by atoms with Crippen LogP contribution in [-0.4, -0.2) is 22.0 Å². The van der Waals surface area contributed by atoms with Gasteiger partial charge < -0.3 is 15.9 Å². The summed E-state index contributed by atoms with van der Waals surface area (Å²) < 4.78 is 0. The third-order valence-electron chi connectivity index (χ3n) is 1.18. The molecule has 1 rings (SSSR count). The molecule has 3 nitrogen and oxygen atoms in total. The SMILES string of the molecule is NC1CC(O)(O)C1. The van der Waals surface area contributed by atoms with E-state index < -0.39 is 5.79 Å². The lowest BCUT2D eigenvalue weighted by Gasteiger charge is -2.36. The summed E-state index contributed by atoms with van der Waals surface area (Å²) in [5.41, 5.74) is 5.23. The van der Waals surface area contributed by atoms with Crippen LogP contribution in [0.25, 0.3) is 0 Å². The molecule has 0 bridgehead atoms. The lowest BCUT2D eigenvalue weighted by Crippen LogP contribution is -2.51. The van der Waals surface area contributed by atoms with Crippen LogP contribution >= 0.6 is 0 Å². The molecule has 0 spiro atoms. The Labute approximate surface area is 41.8 Å². The van der Waals surface area contributed by atoms with E-state index in [-0.39, 0.29) is 6.04 Å². The Morgan fingerprint density at radius 2 is 1.86 bits per heavy atom. The summed E-state index contributed by atoms with van der Waals surface area (Å²) in [6, 6.07) is 0.00926. The maximum absolute atomic E-state index is 8.56. The van der Waals surface area contributed by atoms with Crippen LogP contribution in [0.4, 0.5) is 0 Å². The molecule has 0 unspecified atom stereocenters. The second kappa shape index (κ2) is 1.18. The summed E-state index contributed by atoms with van der Waals surface area (Å²) in [6.07, 6.45) is 0.653. The Kier molecular flexibility index (Phi) is 0.849. The molecule has 7 heavy (non-hydrogen) atoms. The molecule has 0 heterocycles. The van der Waals surface area contributed by atoms with Crippen molar-refractivity contribution in [1.82, 2.24) is 0 Å². The quantitative estimate of drug-likeness (QED) is 0.337. The molecule has 0 atom stereocenters. The van der Waals surface area contributed by atoms with Crippen LogP contribution in [-0.2, 0) is 0 Å². The van der Waals surface area contributed by atoms with Crippen molar-refractivity contribution in [2.45, 2.75) is 24.7 Å². The monoisotopic (exact) mass is 103 g/mol. The van der Waals surface area contributed by atoms with Crippen molar-refractivity contribution in [3.8, 4) is 0 Å². The van der Waals surface area contributed by atoms with Gasteiger partial charge in [-0.2, -0.15) is 0 Å². The van der Waals surface area contributed by atoms with Gasteiger partial charge in [-0.25, -0.2) is 0 Å². The molecular formula is C4H9NO2. The minimum atomic E-state index is -1.43. The summed E-state index contributed by atoms with van der Waals surface area (Å²) >= 11 is 0. The van der Waals surface area contributed by atoms with Crippen LogP contribution < -0.4 is 5.73 Å². The normalized spacial score (nSPS) is 29.6. The minimum absolute atomic E-state index is 0.00926. The molecule has 0 aromatic carbocycles. The van der Waals surface area contributed by atoms with Gasteiger partial charge in [-0.05, 0) is 0 Å². The Hall–Kier alpha value is -0.120. The van der Waals surface area contributed by atoms with Gasteiger partial charge in [0, 0.05) is 18.9 Å². The third-order valence-corrected chi connectivity index (χ3v) is 1.18. The lowest BCUT2D eigenvalue weighted by molar-refractivity contribution is -0.217. The molecule has 3 heteroatoms. The van der Waals surface area contributed by atoms with E-state index >= 15 is 0 Å². The molecule has 0 saturated heterocycles. The van der Waals surface area contributed by atoms with Crippen molar-refractivity contribution >= 4 is 0 Å². The van der Waals surface area contributed by atoms with Crippen molar-refractivity contribution in [3.63, 3.8) is 0 Å². The molecule has 0 radical (unpaired) electrons. The van der Waals surface area contributed by atoms with Crippen molar-refractivity contribution in [2.24, 2.45) is 5.73 Å². The molecule has 1 aliphatic carbocycles. The maximum atomic E-state index is 8.56. The predicted molar refractivity (Wildman–Crippen MR) is 24.4 cm³/mol. The van der Waals surface area contributed by atoms with E-state index in [9.17, 15) is 0 Å². The van der Waals surface area contributed by atoms with E-state index in [2.05, 4.69) is 0 Å². The molecule has 1 saturated carbocycles. The lowest BCUT2D eigenvalue weighted by atomic mass is 9.86. The molecule has 0 aromatic heterocycles. The van der Waals surface area contributed by atoms with Gasteiger partial charge in [0.05, 0.1) is 0 Å². The zero-order valence-electron chi connectivity index (χ0n) is 3.96. The number of rotatable bonds is 0. The van der Waals surface area contributed by atoms with E-state index in [1.807, 2.05) is 0 Å². The second-order valence-corrected chi connectivity index (χ2v) is 2.15. The van der Waals surface area contributed by atoms with Gasteiger partial charge in [0.1, 0.15) is 0 Å². The van der Waals surface area contributed by atoms with Crippen LogP contribution in [0, 0.1) is 0 Å². The summed E-state index contributed by atoms with van der Waals surface area (Å²) in [5.74, 6) is -1.43. The van der Waals surface area contributed by atoms with E-state index in [1.54, 1.807) is 0 Å². The summed E-state index contributed by atoms with van der Waals surface area (Å²) in [4.78, 5) is 0. The Morgan fingerprint density at radius 1 is 1.43 bits per heavy atom. The summed E-state index contributed by atoms with van der Waals surface area (Å²) in [7, 11) is 0. The topological polar surface area (TPSA) is 66.5 Å². The first-order valence-corrected chi connectivity index (χ1v) is 2.30. The van der Waals surface area contributed by atoms with Gasteiger partial charge in [-0.15, -0.1) is 0 Å². The Bertz CT molecular complexity index is 73.8. The fourth-order valence-electron chi connectivity index (χ4n) is 0.780. The van der Waals surface area contributed by atoms with Gasteiger partial charge in [0.2, 0.25) is 0 Å². The van der Waals surface area contributed by atoms with Crippen LogP contribution in [0.2, 0.25) is 0 Å². The highest BCUT2D eigenvalue weighted by molar-refractivity contribution is 4.87. The van der Waals surface area contributed by atoms with E-state index in [1.165, 1.54) is 0 Å². The predicted octanol–water partition coefficient (Wildman–Crippen LogP) is -1.21. The summed E-state index contributed by atoms with van der Waals surface area (Å²) in [5, 5.41) is 17.1. The van der Waals surface area contributed by atoms with E-state index in [0.717, 1.165) is 0 Å². The zero-order valence-corrected chi connectivity index (χ0v) is 3.96. The highest BCUT2D eigenvalue weighted by Crippen LogP contribution is 2.26. The van der Waals surface area contributed by atoms with Crippen LogP contribution in [0.3, 0.4) is 0 Å². The van der Waals surface area contributed by atoms with Crippen molar-refractivity contribution in [1.29, 1.82) is 0 Å². The zero-order chi connectivity index (χ0) is 5.49. The average molecular weight is 103 g/mol. The molecule has 42 valence electrons. The van der Waals surface area contributed by atoms with Gasteiger partial charge >= 0.3 is 0 Å². The molecule has 1 fully saturated rings. The first kappa shape index (κ1) is 5.03. The molecule has 0 aliphatic heterocycles.